The lowest BCUT2D eigenvalue weighted by molar-refractivity contribution is -0.139. The number of ether oxygens (including phenoxy) is 2. The summed E-state index contributed by atoms with van der Waals surface area (Å²) in [7, 11) is 0. The number of carbonyl (C=O) groups excluding carboxylic acids is 3. The van der Waals surface area contributed by atoms with Gasteiger partial charge in [0.2, 0.25) is 0 Å². The molecular formula is C22H19F3N2O5. The molecule has 1 unspecified atom stereocenters. The highest BCUT2D eigenvalue weighted by atomic mass is 19.4. The number of urea groups is 1. The first kappa shape index (κ1) is 22.9. The van der Waals surface area contributed by atoms with Gasteiger partial charge in [-0.25, -0.2) is 14.4 Å². The number of alkyl halides is 3. The minimum atomic E-state index is -4.62. The second-order valence-electron chi connectivity index (χ2n) is 6.71. The van der Waals surface area contributed by atoms with E-state index in [4.69, 9.17) is 9.47 Å². The molecule has 2 amide bonds. The highest BCUT2D eigenvalue weighted by Crippen LogP contribution is 2.30. The molecule has 2 N–H and O–H groups in total. The molecule has 0 saturated carbocycles. The van der Waals surface area contributed by atoms with Crippen molar-refractivity contribution >= 4 is 18.0 Å². The van der Waals surface area contributed by atoms with Gasteiger partial charge in [0.15, 0.2) is 0 Å². The number of nitrogens with one attached hydrogen (secondary N) is 2. The molecule has 1 atom stereocenters. The van der Waals surface area contributed by atoms with Crippen LogP contribution in [0.15, 0.2) is 65.9 Å². The molecule has 0 aromatic heterocycles. The summed E-state index contributed by atoms with van der Waals surface area (Å²) in [6, 6.07) is 10.8. The van der Waals surface area contributed by atoms with Crippen LogP contribution in [0, 0.1) is 0 Å². The van der Waals surface area contributed by atoms with Crippen LogP contribution in [0.2, 0.25) is 0 Å². The molecule has 0 bridgehead atoms. The quantitative estimate of drug-likeness (QED) is 0.657. The summed E-state index contributed by atoms with van der Waals surface area (Å²) >= 11 is 0. The van der Waals surface area contributed by atoms with Crippen LogP contribution in [0.4, 0.5) is 18.0 Å². The molecule has 0 fully saturated rings. The number of carbonyl (C=O) groups is 3. The van der Waals surface area contributed by atoms with Gasteiger partial charge in [-0.3, -0.25) is 0 Å². The summed E-state index contributed by atoms with van der Waals surface area (Å²) in [5.74, 6) is -1.78. The minimum Gasteiger partial charge on any atom is -0.463 e. The van der Waals surface area contributed by atoms with Crippen molar-refractivity contribution in [1.29, 1.82) is 0 Å². The first-order valence-electron chi connectivity index (χ1n) is 9.57. The molecule has 0 spiro atoms. The largest absolute Gasteiger partial charge is 0.463 e. The van der Waals surface area contributed by atoms with Crippen molar-refractivity contribution in [2.75, 3.05) is 13.2 Å². The SMILES string of the molecule is CCOC(=O)C1=C(COC(=O)c2cccc(C(F)(F)F)c2)NC(=O)NC1c1ccccc1. The zero-order chi connectivity index (χ0) is 23.3. The van der Waals surface area contributed by atoms with E-state index < -0.39 is 42.4 Å². The Bertz CT molecular complexity index is 1050. The third-order valence-electron chi connectivity index (χ3n) is 4.56. The smallest absolute Gasteiger partial charge is 0.416 e. The summed E-state index contributed by atoms with van der Waals surface area (Å²) in [6.45, 7) is 1.12. The van der Waals surface area contributed by atoms with Crippen molar-refractivity contribution in [2.45, 2.75) is 19.1 Å². The van der Waals surface area contributed by atoms with Crippen LogP contribution in [-0.4, -0.2) is 31.2 Å². The summed E-state index contributed by atoms with van der Waals surface area (Å²) in [4.78, 5) is 37.2. The van der Waals surface area contributed by atoms with Crippen LogP contribution < -0.4 is 10.6 Å². The van der Waals surface area contributed by atoms with E-state index in [1.807, 2.05) is 0 Å². The van der Waals surface area contributed by atoms with Crippen molar-refractivity contribution < 1.29 is 37.0 Å². The Morgan fingerprint density at radius 1 is 1.00 bits per heavy atom. The van der Waals surface area contributed by atoms with Gasteiger partial charge in [-0.05, 0) is 30.7 Å². The molecule has 0 aliphatic carbocycles. The monoisotopic (exact) mass is 448 g/mol. The Labute approximate surface area is 181 Å². The predicted molar refractivity (Wildman–Crippen MR) is 106 cm³/mol. The molecule has 7 nitrogen and oxygen atoms in total. The van der Waals surface area contributed by atoms with Gasteiger partial charge < -0.3 is 20.1 Å². The van der Waals surface area contributed by atoms with E-state index >= 15 is 0 Å². The maximum Gasteiger partial charge on any atom is 0.416 e. The molecule has 1 aliphatic heterocycles. The average Bonchev–Trinajstić information content (AvgIpc) is 2.77. The minimum absolute atomic E-state index is 0.0227. The molecule has 1 heterocycles. The highest BCUT2D eigenvalue weighted by Gasteiger charge is 2.34. The third kappa shape index (κ3) is 5.26. The summed E-state index contributed by atoms with van der Waals surface area (Å²) in [5, 5.41) is 5.04. The van der Waals surface area contributed by atoms with Crippen molar-refractivity contribution in [3.05, 3.63) is 82.6 Å². The van der Waals surface area contributed by atoms with E-state index in [2.05, 4.69) is 10.6 Å². The van der Waals surface area contributed by atoms with Gasteiger partial charge in [0.25, 0.3) is 0 Å². The van der Waals surface area contributed by atoms with Gasteiger partial charge in [-0.15, -0.1) is 0 Å². The fourth-order valence-corrected chi connectivity index (χ4v) is 3.12. The molecule has 2 aromatic carbocycles. The van der Waals surface area contributed by atoms with Gasteiger partial charge in [0.1, 0.15) is 6.61 Å². The van der Waals surface area contributed by atoms with Crippen LogP contribution in [0.25, 0.3) is 0 Å². The van der Waals surface area contributed by atoms with Crippen molar-refractivity contribution in [3.8, 4) is 0 Å². The zero-order valence-electron chi connectivity index (χ0n) is 16.9. The number of amides is 2. The normalized spacial score (nSPS) is 16.1. The van der Waals surface area contributed by atoms with E-state index in [1.54, 1.807) is 37.3 Å². The standard InChI is InChI=1S/C22H19F3N2O5/c1-2-31-20(29)17-16(26-21(30)27-18(17)13-7-4-3-5-8-13)12-32-19(28)14-9-6-10-15(11-14)22(23,24)25/h3-11,18H,2,12H2,1H3,(H2,26,27,30). The summed E-state index contributed by atoms with van der Waals surface area (Å²) in [6.07, 6.45) is -4.62. The van der Waals surface area contributed by atoms with Crippen molar-refractivity contribution in [3.63, 3.8) is 0 Å². The zero-order valence-corrected chi connectivity index (χ0v) is 16.9. The fraction of sp³-hybridized carbons (Fsp3) is 0.227. The van der Waals surface area contributed by atoms with Gasteiger partial charge in [-0.1, -0.05) is 36.4 Å². The van der Waals surface area contributed by atoms with Gasteiger partial charge in [-0.2, -0.15) is 13.2 Å². The number of halogens is 3. The first-order chi connectivity index (χ1) is 15.2. The summed E-state index contributed by atoms with van der Waals surface area (Å²) < 4.78 is 48.9. The molecular weight excluding hydrogens is 429 g/mol. The van der Waals surface area contributed by atoms with Crippen molar-refractivity contribution in [2.24, 2.45) is 0 Å². The maximum absolute atomic E-state index is 12.9. The van der Waals surface area contributed by atoms with E-state index in [0.29, 0.717) is 11.6 Å². The number of rotatable bonds is 6. The van der Waals surface area contributed by atoms with Crippen molar-refractivity contribution in [1.82, 2.24) is 10.6 Å². The molecule has 10 heteroatoms. The second-order valence-corrected chi connectivity index (χ2v) is 6.71. The lowest BCUT2D eigenvalue weighted by Crippen LogP contribution is -2.47. The van der Waals surface area contributed by atoms with Crippen LogP contribution in [0.5, 0.6) is 0 Å². The Hall–Kier alpha value is -3.82. The van der Waals surface area contributed by atoms with E-state index in [0.717, 1.165) is 12.1 Å². The van der Waals surface area contributed by atoms with E-state index in [-0.39, 0.29) is 23.4 Å². The lowest BCUT2D eigenvalue weighted by atomic mass is 9.95. The predicted octanol–water partition coefficient (Wildman–Crippen LogP) is 3.73. The molecule has 3 rings (SSSR count). The maximum atomic E-state index is 12.9. The lowest BCUT2D eigenvalue weighted by Gasteiger charge is -2.29. The van der Waals surface area contributed by atoms with Gasteiger partial charge in [0, 0.05) is 0 Å². The van der Waals surface area contributed by atoms with E-state index in [1.165, 1.54) is 6.07 Å². The van der Waals surface area contributed by atoms with Crippen LogP contribution in [0.1, 0.15) is 34.5 Å². The number of esters is 2. The molecule has 0 saturated heterocycles. The molecule has 1 aliphatic rings. The average molecular weight is 448 g/mol. The number of hydrogen-bond donors (Lipinski definition) is 2. The Morgan fingerprint density at radius 2 is 1.72 bits per heavy atom. The topological polar surface area (TPSA) is 93.7 Å². The van der Waals surface area contributed by atoms with Gasteiger partial charge in [0.05, 0.1) is 35.0 Å². The summed E-state index contributed by atoms with van der Waals surface area (Å²) in [5.41, 5.74) is -0.737. The Morgan fingerprint density at radius 3 is 2.38 bits per heavy atom. The fourth-order valence-electron chi connectivity index (χ4n) is 3.12. The first-order valence-corrected chi connectivity index (χ1v) is 9.57. The second kappa shape index (κ2) is 9.54. The Kier molecular flexibility index (Phi) is 6.82. The molecule has 0 radical (unpaired) electrons. The van der Waals surface area contributed by atoms with Crippen LogP contribution in [-0.2, 0) is 20.4 Å². The molecule has 32 heavy (non-hydrogen) atoms. The van der Waals surface area contributed by atoms with Crippen LogP contribution >= 0.6 is 0 Å². The van der Waals surface area contributed by atoms with E-state index in [9.17, 15) is 27.6 Å². The number of hydrogen-bond acceptors (Lipinski definition) is 5. The molecule has 168 valence electrons. The highest BCUT2D eigenvalue weighted by molar-refractivity contribution is 5.95. The molecule has 2 aromatic rings. The number of benzene rings is 2. The van der Waals surface area contributed by atoms with Gasteiger partial charge >= 0.3 is 24.1 Å². The Balaban J connectivity index is 1.89. The van der Waals surface area contributed by atoms with Crippen LogP contribution in [0.3, 0.4) is 0 Å². The third-order valence-corrected chi connectivity index (χ3v) is 4.56.